The van der Waals surface area contributed by atoms with E-state index in [1.165, 1.54) is 14.2 Å². The van der Waals surface area contributed by atoms with Crippen molar-refractivity contribution in [3.8, 4) is 0 Å². The van der Waals surface area contributed by atoms with Crippen LogP contribution in [-0.4, -0.2) is 38.7 Å². The Kier molecular flexibility index (Phi) is 2.07. The molecule has 3 aliphatic rings. The molecular formula is C10H12O6. The lowest BCUT2D eigenvalue weighted by Crippen LogP contribution is -2.52. The monoisotopic (exact) mass is 228 g/mol. The molecule has 2 saturated heterocycles. The molecule has 6 heteroatoms. The highest BCUT2D eigenvalue weighted by atomic mass is 16.8. The van der Waals surface area contributed by atoms with Crippen LogP contribution in [0.1, 0.15) is 0 Å². The lowest BCUT2D eigenvalue weighted by atomic mass is 9.58. The van der Waals surface area contributed by atoms with Crippen LogP contribution < -0.4 is 0 Å². The van der Waals surface area contributed by atoms with E-state index in [0.717, 1.165) is 0 Å². The van der Waals surface area contributed by atoms with E-state index in [2.05, 4.69) is 4.74 Å². The molecule has 3 fully saturated rings. The zero-order valence-electron chi connectivity index (χ0n) is 8.91. The number of carbonyl (C=O) groups excluding carboxylic acids is 2. The van der Waals surface area contributed by atoms with Crippen LogP contribution in [0.3, 0.4) is 0 Å². The third-order valence-electron chi connectivity index (χ3n) is 3.77. The van der Waals surface area contributed by atoms with Gasteiger partial charge >= 0.3 is 11.9 Å². The Morgan fingerprint density at radius 3 is 1.75 bits per heavy atom. The predicted molar refractivity (Wildman–Crippen MR) is 47.7 cm³/mol. The summed E-state index contributed by atoms with van der Waals surface area (Å²) in [6.45, 7) is 0. The van der Waals surface area contributed by atoms with Gasteiger partial charge in [0.15, 0.2) is 12.6 Å². The average Bonchev–Trinajstić information content (AvgIpc) is 2.63. The largest absolute Gasteiger partial charge is 0.393 e. The van der Waals surface area contributed by atoms with E-state index in [0.29, 0.717) is 0 Å². The molecule has 88 valence electrons. The minimum atomic E-state index is -0.491. The fourth-order valence-corrected chi connectivity index (χ4v) is 3.10. The maximum Gasteiger partial charge on any atom is 0.317 e. The van der Waals surface area contributed by atoms with E-state index >= 15 is 0 Å². The van der Waals surface area contributed by atoms with E-state index < -0.39 is 36.4 Å². The SMILES string of the molecule is COC1OC(OC)C2C3C(=O)OC(=O)C3C12. The first-order chi connectivity index (χ1) is 7.69. The lowest BCUT2D eigenvalue weighted by Gasteiger charge is -2.40. The summed E-state index contributed by atoms with van der Waals surface area (Å²) in [4.78, 5) is 22.9. The smallest absolute Gasteiger partial charge is 0.317 e. The van der Waals surface area contributed by atoms with Crippen molar-refractivity contribution in [3.63, 3.8) is 0 Å². The van der Waals surface area contributed by atoms with Gasteiger partial charge in [-0.15, -0.1) is 0 Å². The Morgan fingerprint density at radius 2 is 1.38 bits per heavy atom. The molecule has 16 heavy (non-hydrogen) atoms. The summed E-state index contributed by atoms with van der Waals surface area (Å²) >= 11 is 0. The van der Waals surface area contributed by atoms with Crippen LogP contribution in [0, 0.1) is 23.7 Å². The molecule has 0 spiro atoms. The summed E-state index contributed by atoms with van der Waals surface area (Å²) in [6.07, 6.45) is -0.982. The summed E-state index contributed by atoms with van der Waals surface area (Å²) in [7, 11) is 3.02. The molecule has 2 heterocycles. The quantitative estimate of drug-likeness (QED) is 0.469. The standard InChI is InChI=1S/C10H12O6/c1-13-9-5-3-4(8(12)15-7(3)11)6(5)10(14-2)16-9/h3-6,9-10H,1-2H3. The molecule has 6 nitrogen and oxygen atoms in total. The molecule has 6 unspecified atom stereocenters. The highest BCUT2D eigenvalue weighted by Gasteiger charge is 2.71. The maximum absolute atomic E-state index is 11.5. The fourth-order valence-electron chi connectivity index (χ4n) is 3.10. The van der Waals surface area contributed by atoms with Crippen LogP contribution in [-0.2, 0) is 28.5 Å². The van der Waals surface area contributed by atoms with Crippen molar-refractivity contribution in [2.75, 3.05) is 14.2 Å². The molecule has 0 aromatic rings. The zero-order chi connectivity index (χ0) is 11.4. The van der Waals surface area contributed by atoms with E-state index in [4.69, 9.17) is 14.2 Å². The molecule has 3 rings (SSSR count). The summed E-state index contributed by atoms with van der Waals surface area (Å²) in [5.41, 5.74) is 0. The second kappa shape index (κ2) is 3.26. The minimum Gasteiger partial charge on any atom is -0.393 e. The molecule has 0 aromatic heterocycles. The Bertz CT molecular complexity index is 321. The summed E-state index contributed by atoms with van der Waals surface area (Å²) in [5, 5.41) is 0. The van der Waals surface area contributed by atoms with Crippen LogP contribution >= 0.6 is 0 Å². The maximum atomic E-state index is 11.5. The second-order valence-electron chi connectivity index (χ2n) is 4.29. The highest BCUT2D eigenvalue weighted by Crippen LogP contribution is 2.58. The van der Waals surface area contributed by atoms with Crippen molar-refractivity contribution in [1.82, 2.24) is 0 Å². The van der Waals surface area contributed by atoms with Crippen LogP contribution in [0.2, 0.25) is 0 Å². The molecule has 0 amide bonds. The number of fused-ring (bicyclic) bond motifs is 4. The van der Waals surface area contributed by atoms with Gasteiger partial charge in [0.05, 0.1) is 11.8 Å². The Morgan fingerprint density at radius 1 is 0.938 bits per heavy atom. The fraction of sp³-hybridized carbons (Fsp3) is 0.800. The first kappa shape index (κ1) is 10.2. The predicted octanol–water partition coefficient (Wildman–Crippen LogP) is -0.477. The number of cyclic esters (lactones) is 2. The van der Waals surface area contributed by atoms with Crippen molar-refractivity contribution < 1.29 is 28.5 Å². The molecule has 0 bridgehead atoms. The number of carbonyl (C=O) groups is 2. The minimum absolute atomic E-state index is 0.126. The van der Waals surface area contributed by atoms with E-state index in [1.807, 2.05) is 0 Å². The number of rotatable bonds is 2. The zero-order valence-corrected chi connectivity index (χ0v) is 8.91. The molecule has 1 saturated carbocycles. The summed E-state index contributed by atoms with van der Waals surface area (Å²) in [5.74, 6) is -2.00. The molecule has 1 aliphatic carbocycles. The highest BCUT2D eigenvalue weighted by molar-refractivity contribution is 5.98. The molecule has 2 aliphatic heterocycles. The van der Waals surface area contributed by atoms with E-state index in [-0.39, 0.29) is 11.8 Å². The molecule has 0 N–H and O–H groups in total. The molecule has 6 atom stereocenters. The number of hydrogen-bond donors (Lipinski definition) is 0. The first-order valence-electron chi connectivity index (χ1n) is 5.15. The first-order valence-corrected chi connectivity index (χ1v) is 5.15. The number of hydrogen-bond acceptors (Lipinski definition) is 6. The van der Waals surface area contributed by atoms with E-state index in [9.17, 15) is 9.59 Å². The summed E-state index contributed by atoms with van der Waals surface area (Å²) in [6, 6.07) is 0. The van der Waals surface area contributed by atoms with Gasteiger partial charge < -0.3 is 18.9 Å². The van der Waals surface area contributed by atoms with Crippen molar-refractivity contribution >= 4 is 11.9 Å². The van der Waals surface area contributed by atoms with Gasteiger partial charge in [-0.1, -0.05) is 0 Å². The van der Waals surface area contributed by atoms with Gasteiger partial charge in [0, 0.05) is 26.1 Å². The molecular weight excluding hydrogens is 216 g/mol. The van der Waals surface area contributed by atoms with Gasteiger partial charge in [-0.2, -0.15) is 0 Å². The number of methoxy groups -OCH3 is 2. The second-order valence-corrected chi connectivity index (χ2v) is 4.29. The van der Waals surface area contributed by atoms with Gasteiger partial charge in [0.25, 0.3) is 0 Å². The number of esters is 2. The lowest BCUT2D eigenvalue weighted by molar-refractivity contribution is -0.196. The van der Waals surface area contributed by atoms with Crippen LogP contribution in [0.4, 0.5) is 0 Å². The van der Waals surface area contributed by atoms with Gasteiger partial charge in [0.2, 0.25) is 0 Å². The van der Waals surface area contributed by atoms with E-state index in [1.54, 1.807) is 0 Å². The van der Waals surface area contributed by atoms with Crippen molar-refractivity contribution in [3.05, 3.63) is 0 Å². The molecule has 0 radical (unpaired) electrons. The third-order valence-corrected chi connectivity index (χ3v) is 3.77. The van der Waals surface area contributed by atoms with Crippen molar-refractivity contribution in [1.29, 1.82) is 0 Å². The average molecular weight is 228 g/mol. The van der Waals surface area contributed by atoms with Gasteiger partial charge in [-0.05, 0) is 0 Å². The molecule has 0 aromatic carbocycles. The van der Waals surface area contributed by atoms with Crippen molar-refractivity contribution in [2.45, 2.75) is 12.6 Å². The van der Waals surface area contributed by atoms with Crippen LogP contribution in [0.5, 0.6) is 0 Å². The number of ether oxygens (including phenoxy) is 4. The van der Waals surface area contributed by atoms with Crippen LogP contribution in [0.25, 0.3) is 0 Å². The topological polar surface area (TPSA) is 71.1 Å². The normalized spacial score (nSPS) is 49.6. The van der Waals surface area contributed by atoms with Gasteiger partial charge in [0.1, 0.15) is 0 Å². The van der Waals surface area contributed by atoms with Crippen LogP contribution in [0.15, 0.2) is 0 Å². The van der Waals surface area contributed by atoms with Crippen molar-refractivity contribution in [2.24, 2.45) is 23.7 Å². The summed E-state index contributed by atoms with van der Waals surface area (Å²) < 4.78 is 20.4. The Balaban J connectivity index is 1.90. The Hall–Kier alpha value is -0.980. The Labute approximate surface area is 91.8 Å². The van der Waals surface area contributed by atoms with Gasteiger partial charge in [-0.25, -0.2) is 0 Å². The van der Waals surface area contributed by atoms with Gasteiger partial charge in [-0.3, -0.25) is 9.59 Å². The third kappa shape index (κ3) is 1.02.